The molecule has 0 saturated heterocycles. The van der Waals surface area contributed by atoms with E-state index in [1.165, 1.54) is 4.90 Å². The summed E-state index contributed by atoms with van der Waals surface area (Å²) in [5.74, 6) is 1.03. The number of halogens is 1. The SMILES string of the molecule is CCOC(=O)N1CCCN=C1NNc1cc(Cl)ccc1OC. The molecule has 0 saturated carbocycles. The normalized spacial score (nSPS) is 14.1. The minimum absolute atomic E-state index is 0.318. The Morgan fingerprint density at radius 1 is 1.45 bits per heavy atom. The maximum atomic E-state index is 11.9. The fourth-order valence-electron chi connectivity index (χ4n) is 1.99. The van der Waals surface area contributed by atoms with Gasteiger partial charge in [0, 0.05) is 18.1 Å². The van der Waals surface area contributed by atoms with E-state index in [4.69, 9.17) is 21.1 Å². The molecule has 0 aromatic heterocycles. The van der Waals surface area contributed by atoms with Gasteiger partial charge in [0.25, 0.3) is 0 Å². The standard InChI is InChI=1S/C14H19ClN4O3/c1-3-22-14(20)19-8-4-7-16-13(19)18-17-11-9-10(15)5-6-12(11)21-2/h5-6,9,17H,3-4,7-8H2,1-2H3,(H,16,18). The van der Waals surface area contributed by atoms with E-state index in [2.05, 4.69) is 15.8 Å². The fourth-order valence-corrected chi connectivity index (χ4v) is 2.16. The van der Waals surface area contributed by atoms with Crippen molar-refractivity contribution in [1.82, 2.24) is 10.3 Å². The third-order valence-corrected chi connectivity index (χ3v) is 3.25. The number of amides is 1. The minimum atomic E-state index is -0.423. The summed E-state index contributed by atoms with van der Waals surface area (Å²) in [6, 6.07) is 5.19. The zero-order valence-corrected chi connectivity index (χ0v) is 13.3. The van der Waals surface area contributed by atoms with Gasteiger partial charge in [-0.05, 0) is 31.5 Å². The molecule has 0 aliphatic carbocycles. The number of aliphatic imine (C=N–C) groups is 1. The molecule has 0 radical (unpaired) electrons. The molecule has 1 amide bonds. The summed E-state index contributed by atoms with van der Waals surface area (Å²) in [6.45, 7) is 3.28. The Morgan fingerprint density at radius 3 is 3.00 bits per heavy atom. The molecule has 0 unspecified atom stereocenters. The van der Waals surface area contributed by atoms with E-state index in [1.807, 2.05) is 0 Å². The van der Waals surface area contributed by atoms with E-state index in [-0.39, 0.29) is 0 Å². The lowest BCUT2D eigenvalue weighted by Crippen LogP contribution is -2.49. The lowest BCUT2D eigenvalue weighted by Gasteiger charge is -2.27. The number of hydrogen-bond acceptors (Lipinski definition) is 6. The van der Waals surface area contributed by atoms with Crippen LogP contribution in [0.15, 0.2) is 23.2 Å². The highest BCUT2D eigenvalue weighted by molar-refractivity contribution is 6.30. The first-order chi connectivity index (χ1) is 10.7. The first kappa shape index (κ1) is 16.2. The number of guanidine groups is 1. The molecule has 22 heavy (non-hydrogen) atoms. The van der Waals surface area contributed by atoms with Crippen molar-refractivity contribution in [2.24, 2.45) is 4.99 Å². The molecule has 0 spiro atoms. The second-order valence-electron chi connectivity index (χ2n) is 4.50. The molecule has 7 nitrogen and oxygen atoms in total. The number of benzene rings is 1. The number of nitrogens with one attached hydrogen (secondary N) is 2. The largest absolute Gasteiger partial charge is 0.495 e. The van der Waals surface area contributed by atoms with Crippen molar-refractivity contribution in [2.45, 2.75) is 13.3 Å². The minimum Gasteiger partial charge on any atom is -0.495 e. The van der Waals surface area contributed by atoms with Gasteiger partial charge in [-0.2, -0.15) is 0 Å². The summed E-state index contributed by atoms with van der Waals surface area (Å²) in [7, 11) is 1.57. The number of carbonyl (C=O) groups is 1. The molecule has 1 aliphatic rings. The Labute approximate surface area is 134 Å². The van der Waals surface area contributed by atoms with Gasteiger partial charge in [0.1, 0.15) is 5.75 Å². The van der Waals surface area contributed by atoms with E-state index in [1.54, 1.807) is 32.2 Å². The molecular formula is C14H19ClN4O3. The highest BCUT2D eigenvalue weighted by Crippen LogP contribution is 2.26. The van der Waals surface area contributed by atoms with E-state index < -0.39 is 6.09 Å². The summed E-state index contributed by atoms with van der Waals surface area (Å²) in [4.78, 5) is 17.7. The van der Waals surface area contributed by atoms with Crippen LogP contribution in [0.4, 0.5) is 10.5 Å². The average Bonchev–Trinajstić information content (AvgIpc) is 2.53. The van der Waals surface area contributed by atoms with Gasteiger partial charge in [0.15, 0.2) is 0 Å². The van der Waals surface area contributed by atoms with Crippen molar-refractivity contribution >= 4 is 29.3 Å². The number of hydrogen-bond donors (Lipinski definition) is 2. The molecule has 8 heteroatoms. The predicted molar refractivity (Wildman–Crippen MR) is 85.4 cm³/mol. The maximum absolute atomic E-state index is 11.9. The smallest absolute Gasteiger partial charge is 0.416 e. The zero-order chi connectivity index (χ0) is 15.9. The molecule has 1 aromatic rings. The van der Waals surface area contributed by atoms with Crippen LogP contribution < -0.4 is 15.6 Å². The molecule has 1 aliphatic heterocycles. The first-order valence-electron chi connectivity index (χ1n) is 7.00. The summed E-state index contributed by atoms with van der Waals surface area (Å²) in [5, 5.41) is 0.568. The summed E-state index contributed by atoms with van der Waals surface area (Å²) in [6.07, 6.45) is 0.373. The Bertz CT molecular complexity index is 565. The number of nitrogens with zero attached hydrogens (tertiary/aromatic N) is 2. The van der Waals surface area contributed by atoms with Gasteiger partial charge in [-0.3, -0.25) is 15.8 Å². The van der Waals surface area contributed by atoms with Gasteiger partial charge in [0.05, 0.1) is 19.4 Å². The van der Waals surface area contributed by atoms with Gasteiger partial charge >= 0.3 is 6.09 Å². The molecule has 0 atom stereocenters. The van der Waals surface area contributed by atoms with Crippen LogP contribution in [0, 0.1) is 0 Å². The van der Waals surface area contributed by atoms with Crippen LogP contribution >= 0.6 is 11.6 Å². The maximum Gasteiger partial charge on any atom is 0.416 e. The van der Waals surface area contributed by atoms with E-state index in [9.17, 15) is 4.79 Å². The van der Waals surface area contributed by atoms with Crippen molar-refractivity contribution < 1.29 is 14.3 Å². The highest BCUT2D eigenvalue weighted by Gasteiger charge is 2.23. The van der Waals surface area contributed by atoms with Gasteiger partial charge < -0.3 is 9.47 Å². The number of anilines is 1. The van der Waals surface area contributed by atoms with Gasteiger partial charge in [-0.25, -0.2) is 9.69 Å². The number of rotatable bonds is 4. The van der Waals surface area contributed by atoms with Crippen LogP contribution in [-0.4, -0.2) is 43.8 Å². The number of hydrazine groups is 1. The van der Waals surface area contributed by atoms with Gasteiger partial charge in [-0.15, -0.1) is 0 Å². The van der Waals surface area contributed by atoms with Crippen molar-refractivity contribution in [1.29, 1.82) is 0 Å². The van der Waals surface area contributed by atoms with Crippen LogP contribution in [0.25, 0.3) is 0 Å². The van der Waals surface area contributed by atoms with Crippen molar-refractivity contribution in [3.63, 3.8) is 0 Å². The molecular weight excluding hydrogens is 308 g/mol. The molecule has 1 heterocycles. The van der Waals surface area contributed by atoms with Crippen molar-refractivity contribution in [2.75, 3.05) is 32.2 Å². The Morgan fingerprint density at radius 2 is 2.27 bits per heavy atom. The van der Waals surface area contributed by atoms with Crippen LogP contribution in [-0.2, 0) is 4.74 Å². The molecule has 1 aromatic carbocycles. The molecule has 2 N–H and O–H groups in total. The van der Waals surface area contributed by atoms with E-state index >= 15 is 0 Å². The zero-order valence-electron chi connectivity index (χ0n) is 12.6. The van der Waals surface area contributed by atoms with Crippen LogP contribution in [0.1, 0.15) is 13.3 Å². The second-order valence-corrected chi connectivity index (χ2v) is 4.94. The Hall–Kier alpha value is -2.15. The fraction of sp³-hybridized carbons (Fsp3) is 0.429. The molecule has 0 bridgehead atoms. The first-order valence-corrected chi connectivity index (χ1v) is 7.37. The number of methoxy groups -OCH3 is 1. The number of ether oxygens (including phenoxy) is 2. The third-order valence-electron chi connectivity index (χ3n) is 3.02. The van der Waals surface area contributed by atoms with E-state index in [0.29, 0.717) is 42.1 Å². The Balaban J connectivity index is 2.07. The van der Waals surface area contributed by atoms with Crippen molar-refractivity contribution in [3.05, 3.63) is 23.2 Å². The van der Waals surface area contributed by atoms with Gasteiger partial charge in [-0.1, -0.05) is 11.6 Å². The molecule has 120 valence electrons. The lowest BCUT2D eigenvalue weighted by atomic mass is 10.3. The Kier molecular flexibility index (Phi) is 5.71. The third kappa shape index (κ3) is 3.94. The van der Waals surface area contributed by atoms with E-state index in [0.717, 1.165) is 6.42 Å². The summed E-state index contributed by atoms with van der Waals surface area (Å²) in [5.41, 5.74) is 6.52. The molecule has 2 rings (SSSR count). The van der Waals surface area contributed by atoms with Crippen LogP contribution in [0.5, 0.6) is 5.75 Å². The van der Waals surface area contributed by atoms with Crippen molar-refractivity contribution in [3.8, 4) is 5.75 Å². The second kappa shape index (κ2) is 7.74. The summed E-state index contributed by atoms with van der Waals surface area (Å²) >= 11 is 5.98. The topological polar surface area (TPSA) is 75.2 Å². The highest BCUT2D eigenvalue weighted by atomic mass is 35.5. The summed E-state index contributed by atoms with van der Waals surface area (Å²) < 4.78 is 10.3. The number of carbonyl (C=O) groups excluding carboxylic acids is 1. The lowest BCUT2D eigenvalue weighted by molar-refractivity contribution is 0.125. The van der Waals surface area contributed by atoms with Crippen LogP contribution in [0.3, 0.4) is 0 Å². The monoisotopic (exact) mass is 326 g/mol. The predicted octanol–water partition coefficient (Wildman–Crippen LogP) is 2.48. The molecule has 0 fully saturated rings. The van der Waals surface area contributed by atoms with Crippen LogP contribution in [0.2, 0.25) is 5.02 Å². The van der Waals surface area contributed by atoms with Gasteiger partial charge in [0.2, 0.25) is 5.96 Å². The quantitative estimate of drug-likeness (QED) is 0.831. The average molecular weight is 327 g/mol.